The van der Waals surface area contributed by atoms with E-state index < -0.39 is 16.0 Å². The number of hydrogen-bond acceptors (Lipinski definition) is 4. The molecule has 6 heteroatoms. The molecule has 7 atom stereocenters. The Bertz CT molecular complexity index is 746. The lowest BCUT2D eigenvalue weighted by Crippen LogP contribution is -2.55. The Hall–Kier alpha value is -0.430. The van der Waals surface area contributed by atoms with Gasteiger partial charge in [0.25, 0.3) is 0 Å². The number of hydrogen-bond donors (Lipinski definition) is 2. The highest BCUT2D eigenvalue weighted by Gasteiger charge is 2.65. The second-order valence-corrected chi connectivity index (χ2v) is 11.0. The van der Waals surface area contributed by atoms with E-state index in [0.29, 0.717) is 30.6 Å². The molecule has 0 saturated heterocycles. The third-order valence-electron chi connectivity index (χ3n) is 9.20. The lowest BCUT2D eigenvalue weighted by atomic mass is 9.47. The molecule has 0 aromatic carbocycles. The van der Waals surface area contributed by atoms with Crippen LogP contribution in [-0.2, 0) is 14.6 Å². The molecule has 3 fully saturated rings. The van der Waals surface area contributed by atoms with Gasteiger partial charge in [-0.3, -0.25) is 4.55 Å². The summed E-state index contributed by atoms with van der Waals surface area (Å²) in [6.07, 6.45) is 10.2. The molecular formula is C21H34O5S. The van der Waals surface area contributed by atoms with E-state index in [-0.39, 0.29) is 16.9 Å². The molecule has 7 unspecified atom stereocenters. The van der Waals surface area contributed by atoms with Crippen molar-refractivity contribution in [3.63, 3.8) is 0 Å². The second kappa shape index (κ2) is 6.28. The summed E-state index contributed by atoms with van der Waals surface area (Å²) >= 11 is 0. The molecule has 3 saturated carbocycles. The summed E-state index contributed by atoms with van der Waals surface area (Å²) in [5, 5.41) is 10.1. The van der Waals surface area contributed by atoms with Crippen molar-refractivity contribution in [3.8, 4) is 0 Å². The molecule has 0 aliphatic heterocycles. The van der Waals surface area contributed by atoms with Gasteiger partial charge in [-0.1, -0.05) is 32.4 Å². The van der Waals surface area contributed by atoms with E-state index in [9.17, 15) is 18.1 Å². The van der Waals surface area contributed by atoms with Crippen molar-refractivity contribution < 1.29 is 22.3 Å². The molecular weight excluding hydrogens is 364 g/mol. The van der Waals surface area contributed by atoms with E-state index in [1.165, 1.54) is 5.57 Å². The maximum Gasteiger partial charge on any atom is 0.397 e. The Kier molecular flexibility index (Phi) is 4.62. The molecule has 0 amide bonds. The Morgan fingerprint density at radius 1 is 1.15 bits per heavy atom. The van der Waals surface area contributed by atoms with Gasteiger partial charge in [-0.05, 0) is 81.0 Å². The summed E-state index contributed by atoms with van der Waals surface area (Å²) in [4.78, 5) is 0. The van der Waals surface area contributed by atoms with Gasteiger partial charge >= 0.3 is 10.4 Å². The fourth-order valence-corrected chi connectivity index (χ4v) is 8.51. The van der Waals surface area contributed by atoms with Crippen LogP contribution in [-0.4, -0.2) is 29.8 Å². The summed E-state index contributed by atoms with van der Waals surface area (Å²) in [5.41, 5.74) is 0.601. The molecule has 0 bridgehead atoms. The summed E-state index contributed by atoms with van der Waals surface area (Å²) < 4.78 is 38.1. The normalized spacial score (nSPS) is 49.7. The summed E-state index contributed by atoms with van der Waals surface area (Å²) in [6, 6.07) is 0. The van der Waals surface area contributed by atoms with Crippen LogP contribution in [0.5, 0.6) is 0 Å². The molecule has 154 valence electrons. The summed E-state index contributed by atoms with van der Waals surface area (Å²) in [5.74, 6) is 1.55. The van der Waals surface area contributed by atoms with Crippen molar-refractivity contribution in [1.82, 2.24) is 0 Å². The van der Waals surface area contributed by atoms with Crippen molar-refractivity contribution in [2.24, 2.45) is 28.6 Å². The first-order chi connectivity index (χ1) is 12.5. The minimum Gasteiger partial charge on any atom is -0.393 e. The zero-order valence-corrected chi connectivity index (χ0v) is 17.6. The Morgan fingerprint density at radius 2 is 1.85 bits per heavy atom. The smallest absolute Gasteiger partial charge is 0.393 e. The molecule has 0 heterocycles. The number of fused-ring (bicyclic) bond motifs is 5. The van der Waals surface area contributed by atoms with E-state index in [4.69, 9.17) is 4.18 Å². The molecule has 4 aliphatic carbocycles. The van der Waals surface area contributed by atoms with Gasteiger partial charge in [-0.2, -0.15) is 8.42 Å². The zero-order chi connectivity index (χ0) is 19.7. The fourth-order valence-electron chi connectivity index (χ4n) is 7.71. The molecule has 0 aromatic heterocycles. The van der Waals surface area contributed by atoms with Crippen LogP contribution in [0.1, 0.15) is 78.6 Å². The quantitative estimate of drug-likeness (QED) is 0.548. The standard InChI is InChI=1S/C21H34O5S/c1-4-21(26-27(23,24)25)12-9-18-16-6-5-14-13-15(22)7-10-19(14,2)17(16)8-11-20(18,21)3/h5,15-18,22H,4,6-13H2,1-3H3,(H,23,24,25). The van der Waals surface area contributed by atoms with E-state index in [1.54, 1.807) is 0 Å². The number of aliphatic hydroxyl groups excluding tert-OH is 1. The Morgan fingerprint density at radius 3 is 2.52 bits per heavy atom. The largest absolute Gasteiger partial charge is 0.397 e. The minimum absolute atomic E-state index is 0.171. The predicted molar refractivity (Wildman–Crippen MR) is 103 cm³/mol. The second-order valence-electron chi connectivity index (χ2n) is 10.0. The number of aliphatic hydroxyl groups is 1. The van der Waals surface area contributed by atoms with Gasteiger partial charge in [0, 0.05) is 5.41 Å². The molecule has 0 aromatic rings. The lowest BCUT2D eigenvalue weighted by molar-refractivity contribution is -0.113. The summed E-state index contributed by atoms with van der Waals surface area (Å²) in [7, 11) is -4.47. The Labute approximate surface area is 163 Å². The van der Waals surface area contributed by atoms with Gasteiger partial charge in [-0.15, -0.1) is 0 Å². The van der Waals surface area contributed by atoms with Crippen molar-refractivity contribution in [2.45, 2.75) is 90.3 Å². The predicted octanol–water partition coefficient (Wildman–Crippen LogP) is 4.28. The van der Waals surface area contributed by atoms with Crippen molar-refractivity contribution >= 4 is 10.4 Å². The van der Waals surface area contributed by atoms with E-state index in [2.05, 4.69) is 19.9 Å². The van der Waals surface area contributed by atoms with Gasteiger partial charge in [0.15, 0.2) is 0 Å². The number of rotatable bonds is 3. The van der Waals surface area contributed by atoms with Crippen LogP contribution in [0, 0.1) is 28.6 Å². The lowest BCUT2D eigenvalue weighted by Gasteiger charge is -2.59. The first kappa shape index (κ1) is 19.9. The molecule has 0 radical (unpaired) electrons. The zero-order valence-electron chi connectivity index (χ0n) is 16.8. The van der Waals surface area contributed by atoms with Crippen molar-refractivity contribution in [1.29, 1.82) is 0 Å². The molecule has 0 spiro atoms. The average Bonchev–Trinajstić information content (AvgIpc) is 2.87. The van der Waals surface area contributed by atoms with Crippen molar-refractivity contribution in [2.75, 3.05) is 0 Å². The van der Waals surface area contributed by atoms with Crippen LogP contribution in [0.25, 0.3) is 0 Å². The van der Waals surface area contributed by atoms with E-state index in [1.807, 2.05) is 6.92 Å². The first-order valence-electron chi connectivity index (χ1n) is 10.6. The van der Waals surface area contributed by atoms with Crippen LogP contribution in [0.4, 0.5) is 0 Å². The van der Waals surface area contributed by atoms with E-state index in [0.717, 1.165) is 44.9 Å². The highest BCUT2D eigenvalue weighted by atomic mass is 32.3. The molecule has 4 rings (SSSR count). The van der Waals surface area contributed by atoms with Crippen molar-refractivity contribution in [3.05, 3.63) is 11.6 Å². The molecule has 5 nitrogen and oxygen atoms in total. The molecule has 27 heavy (non-hydrogen) atoms. The van der Waals surface area contributed by atoms with Crippen LogP contribution in [0.2, 0.25) is 0 Å². The SMILES string of the molecule is CCC1(OS(=O)(=O)O)CCC2C3CC=C4CC(O)CCC4(C)C3CCC21C. The topological polar surface area (TPSA) is 83.8 Å². The van der Waals surface area contributed by atoms with Gasteiger partial charge in [0.1, 0.15) is 0 Å². The summed E-state index contributed by atoms with van der Waals surface area (Å²) in [6.45, 7) is 6.57. The van der Waals surface area contributed by atoms with Gasteiger partial charge in [0.2, 0.25) is 0 Å². The third-order valence-corrected chi connectivity index (χ3v) is 9.73. The highest BCUT2D eigenvalue weighted by molar-refractivity contribution is 7.80. The van der Waals surface area contributed by atoms with Crippen LogP contribution in [0.3, 0.4) is 0 Å². The van der Waals surface area contributed by atoms with Gasteiger partial charge < -0.3 is 5.11 Å². The molecule has 2 N–H and O–H groups in total. The van der Waals surface area contributed by atoms with Crippen LogP contribution in [0.15, 0.2) is 11.6 Å². The Balaban J connectivity index is 1.68. The minimum atomic E-state index is -4.47. The third kappa shape index (κ3) is 2.85. The van der Waals surface area contributed by atoms with Crippen LogP contribution >= 0.6 is 0 Å². The monoisotopic (exact) mass is 398 g/mol. The maximum atomic E-state index is 11.6. The first-order valence-corrected chi connectivity index (χ1v) is 12.0. The van der Waals surface area contributed by atoms with E-state index >= 15 is 0 Å². The van der Waals surface area contributed by atoms with Gasteiger partial charge in [-0.25, -0.2) is 4.18 Å². The average molecular weight is 399 g/mol. The van der Waals surface area contributed by atoms with Crippen LogP contribution < -0.4 is 0 Å². The maximum absolute atomic E-state index is 11.6. The number of allylic oxidation sites excluding steroid dienone is 1. The highest BCUT2D eigenvalue weighted by Crippen LogP contribution is 2.68. The molecule has 4 aliphatic rings. The fraction of sp³-hybridized carbons (Fsp3) is 0.905. The van der Waals surface area contributed by atoms with Gasteiger partial charge in [0.05, 0.1) is 11.7 Å².